The molecule has 0 saturated heterocycles. The van der Waals surface area contributed by atoms with E-state index in [0.717, 1.165) is 29.1 Å². The Balaban J connectivity index is 2.03. The van der Waals surface area contributed by atoms with Crippen LogP contribution in [0.2, 0.25) is 0 Å². The van der Waals surface area contributed by atoms with Crippen molar-refractivity contribution in [3.05, 3.63) is 46.6 Å². The van der Waals surface area contributed by atoms with Gasteiger partial charge in [-0.05, 0) is 47.8 Å². The number of hydrogen-bond acceptors (Lipinski definition) is 3. The second kappa shape index (κ2) is 5.48. The van der Waals surface area contributed by atoms with Crippen LogP contribution in [0.25, 0.3) is 0 Å². The fourth-order valence-corrected chi connectivity index (χ4v) is 2.60. The second-order valence-corrected chi connectivity index (χ2v) is 5.69. The van der Waals surface area contributed by atoms with Crippen molar-refractivity contribution in [2.24, 2.45) is 0 Å². The summed E-state index contributed by atoms with van der Waals surface area (Å²) in [6, 6.07) is 8.60. The lowest BCUT2D eigenvalue weighted by molar-refractivity contribution is 0.625. The van der Waals surface area contributed by atoms with Crippen LogP contribution in [-0.2, 0) is 0 Å². The zero-order valence-corrected chi connectivity index (χ0v) is 12.8. The van der Waals surface area contributed by atoms with Crippen LogP contribution in [0.4, 0.5) is 15.9 Å². The first-order valence-corrected chi connectivity index (χ1v) is 7.55. The summed E-state index contributed by atoms with van der Waals surface area (Å²) in [6.07, 6.45) is 2.28. The molecule has 1 aliphatic carbocycles. The molecule has 1 aliphatic rings. The summed E-state index contributed by atoms with van der Waals surface area (Å²) >= 11 is 3.43. The van der Waals surface area contributed by atoms with Gasteiger partial charge in [0.15, 0.2) is 0 Å². The highest BCUT2D eigenvalue weighted by Crippen LogP contribution is 2.39. The average Bonchev–Trinajstić information content (AvgIpc) is 3.25. The molecule has 0 bridgehead atoms. The summed E-state index contributed by atoms with van der Waals surface area (Å²) in [6.45, 7) is 2.63. The summed E-state index contributed by atoms with van der Waals surface area (Å²) in [7, 11) is 0. The van der Waals surface area contributed by atoms with E-state index in [9.17, 15) is 4.39 Å². The molecule has 104 valence electrons. The molecule has 2 aromatic rings. The predicted octanol–water partition coefficient (Wildman–Crippen LogP) is 4.41. The molecule has 3 nitrogen and oxygen atoms in total. The van der Waals surface area contributed by atoms with Crippen LogP contribution in [0.1, 0.15) is 31.5 Å². The molecule has 1 fully saturated rings. The van der Waals surface area contributed by atoms with E-state index in [1.807, 2.05) is 24.0 Å². The standard InChI is InChI=1S/C15H15BrFN3/c1-2-20(12-6-4-3-5-11(12)17)14-9-13(16)18-15(19-14)10-7-8-10/h3-6,9-10H,2,7-8H2,1H3. The van der Waals surface area contributed by atoms with Crippen molar-refractivity contribution in [3.63, 3.8) is 0 Å². The molecule has 3 rings (SSSR count). The lowest BCUT2D eigenvalue weighted by Gasteiger charge is -2.23. The lowest BCUT2D eigenvalue weighted by Crippen LogP contribution is -2.19. The van der Waals surface area contributed by atoms with Crippen LogP contribution < -0.4 is 4.90 Å². The maximum atomic E-state index is 14.0. The first kappa shape index (κ1) is 13.5. The lowest BCUT2D eigenvalue weighted by atomic mass is 10.2. The first-order valence-electron chi connectivity index (χ1n) is 6.75. The van der Waals surface area contributed by atoms with Gasteiger partial charge in [0.2, 0.25) is 0 Å². The highest BCUT2D eigenvalue weighted by molar-refractivity contribution is 9.10. The zero-order chi connectivity index (χ0) is 14.1. The molecule has 1 saturated carbocycles. The topological polar surface area (TPSA) is 29.0 Å². The summed E-state index contributed by atoms with van der Waals surface area (Å²) in [5, 5.41) is 0. The highest BCUT2D eigenvalue weighted by Gasteiger charge is 2.28. The van der Waals surface area contributed by atoms with Crippen LogP contribution in [0, 0.1) is 5.82 Å². The maximum absolute atomic E-state index is 14.0. The van der Waals surface area contributed by atoms with Crippen molar-refractivity contribution in [2.45, 2.75) is 25.7 Å². The Hall–Kier alpha value is -1.49. The summed E-state index contributed by atoms with van der Waals surface area (Å²) in [4.78, 5) is 10.9. The number of aromatic nitrogens is 2. The van der Waals surface area contributed by atoms with Crippen LogP contribution in [-0.4, -0.2) is 16.5 Å². The van der Waals surface area contributed by atoms with Gasteiger partial charge in [-0.3, -0.25) is 0 Å². The number of hydrogen-bond donors (Lipinski definition) is 0. The SMILES string of the molecule is CCN(c1cc(Br)nc(C2CC2)n1)c1ccccc1F. The molecule has 0 aliphatic heterocycles. The molecule has 0 atom stereocenters. The molecule has 1 aromatic carbocycles. The van der Waals surface area contributed by atoms with E-state index < -0.39 is 0 Å². The molecule has 20 heavy (non-hydrogen) atoms. The minimum absolute atomic E-state index is 0.239. The Labute approximate surface area is 126 Å². The Kier molecular flexibility index (Phi) is 3.70. The van der Waals surface area contributed by atoms with Crippen molar-refractivity contribution in [1.29, 1.82) is 0 Å². The van der Waals surface area contributed by atoms with E-state index in [1.165, 1.54) is 6.07 Å². The van der Waals surface area contributed by atoms with Crippen molar-refractivity contribution in [1.82, 2.24) is 9.97 Å². The summed E-state index contributed by atoms with van der Waals surface area (Å²) < 4.78 is 14.7. The molecule has 5 heteroatoms. The van der Waals surface area contributed by atoms with Crippen LogP contribution in [0.3, 0.4) is 0 Å². The van der Waals surface area contributed by atoms with E-state index in [-0.39, 0.29) is 5.82 Å². The summed E-state index contributed by atoms with van der Waals surface area (Å²) in [5.74, 6) is 1.81. The molecule has 0 amide bonds. The number of anilines is 2. The molecule has 0 unspecified atom stereocenters. The third-order valence-corrected chi connectivity index (χ3v) is 3.78. The van der Waals surface area contributed by atoms with Crippen molar-refractivity contribution < 1.29 is 4.39 Å². The van der Waals surface area contributed by atoms with Crippen LogP contribution in [0.15, 0.2) is 34.9 Å². The van der Waals surface area contributed by atoms with E-state index in [4.69, 9.17) is 0 Å². The number of para-hydroxylation sites is 1. The van der Waals surface area contributed by atoms with E-state index in [1.54, 1.807) is 12.1 Å². The Morgan fingerprint density at radius 3 is 2.70 bits per heavy atom. The highest BCUT2D eigenvalue weighted by atomic mass is 79.9. The fraction of sp³-hybridized carbons (Fsp3) is 0.333. The minimum Gasteiger partial charge on any atom is -0.324 e. The van der Waals surface area contributed by atoms with Gasteiger partial charge >= 0.3 is 0 Å². The monoisotopic (exact) mass is 335 g/mol. The van der Waals surface area contributed by atoms with E-state index in [2.05, 4.69) is 25.9 Å². The van der Waals surface area contributed by atoms with Gasteiger partial charge in [0.25, 0.3) is 0 Å². The maximum Gasteiger partial charge on any atom is 0.146 e. The van der Waals surface area contributed by atoms with Gasteiger partial charge in [-0.25, -0.2) is 14.4 Å². The van der Waals surface area contributed by atoms with E-state index >= 15 is 0 Å². The van der Waals surface area contributed by atoms with Gasteiger partial charge in [-0.1, -0.05) is 12.1 Å². The van der Waals surface area contributed by atoms with Gasteiger partial charge in [-0.2, -0.15) is 0 Å². The molecule has 1 heterocycles. The largest absolute Gasteiger partial charge is 0.324 e. The zero-order valence-electron chi connectivity index (χ0n) is 11.2. The van der Waals surface area contributed by atoms with Crippen molar-refractivity contribution >= 4 is 27.4 Å². The van der Waals surface area contributed by atoms with Gasteiger partial charge in [0, 0.05) is 18.5 Å². The number of benzene rings is 1. The number of halogens is 2. The van der Waals surface area contributed by atoms with Crippen LogP contribution in [0.5, 0.6) is 0 Å². The average molecular weight is 336 g/mol. The third kappa shape index (κ3) is 2.68. The smallest absolute Gasteiger partial charge is 0.146 e. The molecule has 1 aromatic heterocycles. The minimum atomic E-state index is -0.239. The number of rotatable bonds is 4. The molecule has 0 N–H and O–H groups in total. The van der Waals surface area contributed by atoms with Gasteiger partial charge in [-0.15, -0.1) is 0 Å². The van der Waals surface area contributed by atoms with Gasteiger partial charge in [0.1, 0.15) is 22.1 Å². The molecular formula is C15H15BrFN3. The first-order chi connectivity index (χ1) is 9.69. The Morgan fingerprint density at radius 1 is 1.30 bits per heavy atom. The Bertz CT molecular complexity index is 628. The summed E-state index contributed by atoms with van der Waals surface area (Å²) in [5.41, 5.74) is 0.544. The molecule has 0 spiro atoms. The van der Waals surface area contributed by atoms with Crippen molar-refractivity contribution in [2.75, 3.05) is 11.4 Å². The number of nitrogens with zero attached hydrogens (tertiary/aromatic N) is 3. The molecule has 0 radical (unpaired) electrons. The Morgan fingerprint density at radius 2 is 2.05 bits per heavy atom. The van der Waals surface area contributed by atoms with Crippen molar-refractivity contribution in [3.8, 4) is 0 Å². The fourth-order valence-electron chi connectivity index (χ4n) is 2.21. The predicted molar refractivity (Wildman–Crippen MR) is 80.8 cm³/mol. The quantitative estimate of drug-likeness (QED) is 0.774. The van der Waals surface area contributed by atoms with Gasteiger partial charge < -0.3 is 4.90 Å². The van der Waals surface area contributed by atoms with E-state index in [0.29, 0.717) is 18.2 Å². The second-order valence-electron chi connectivity index (χ2n) is 4.88. The van der Waals surface area contributed by atoms with Gasteiger partial charge in [0.05, 0.1) is 5.69 Å². The van der Waals surface area contributed by atoms with Crippen LogP contribution >= 0.6 is 15.9 Å². The third-order valence-electron chi connectivity index (χ3n) is 3.38. The normalized spacial score (nSPS) is 14.3. The molecular weight excluding hydrogens is 321 g/mol.